The number of fused-ring (bicyclic) bond motifs is 1. The number of nitrogens with zero attached hydrogens (tertiary/aromatic N) is 3. The van der Waals surface area contributed by atoms with Gasteiger partial charge in [0.2, 0.25) is 0 Å². The van der Waals surface area contributed by atoms with Crippen molar-refractivity contribution in [1.29, 1.82) is 5.41 Å². The van der Waals surface area contributed by atoms with Gasteiger partial charge >= 0.3 is 7.60 Å². The summed E-state index contributed by atoms with van der Waals surface area (Å²) in [5, 5.41) is 7.59. The van der Waals surface area contributed by atoms with Crippen LogP contribution >= 0.6 is 7.60 Å². The summed E-state index contributed by atoms with van der Waals surface area (Å²) in [6.07, 6.45) is 1.86. The molecule has 0 unspecified atom stereocenters. The fourth-order valence-electron chi connectivity index (χ4n) is 1.61. The van der Waals surface area contributed by atoms with Crippen molar-refractivity contribution >= 4 is 18.8 Å². The molecule has 4 N–H and O–H groups in total. The number of aromatic nitrogens is 4. The molecule has 2 aromatic heterocycles. The van der Waals surface area contributed by atoms with Gasteiger partial charge in [0.05, 0.1) is 25.3 Å². The minimum atomic E-state index is -4.17. The zero-order valence-corrected chi connectivity index (χ0v) is 11.0. The van der Waals surface area contributed by atoms with E-state index in [0.29, 0.717) is 17.7 Å². The quantitative estimate of drug-likeness (QED) is 0.561. The average molecular weight is 287 g/mol. The lowest BCUT2D eigenvalue weighted by molar-refractivity contribution is 0.0762. The number of nitrogens with one attached hydrogen (secondary N) is 2. The van der Waals surface area contributed by atoms with Gasteiger partial charge in [0.15, 0.2) is 11.1 Å². The maximum absolute atomic E-state index is 10.7. The van der Waals surface area contributed by atoms with Gasteiger partial charge in [-0.2, -0.15) is 0 Å². The minimum Gasteiger partial charge on any atom is -0.364 e. The van der Waals surface area contributed by atoms with Gasteiger partial charge in [0, 0.05) is 0 Å². The van der Waals surface area contributed by atoms with E-state index in [9.17, 15) is 4.57 Å². The van der Waals surface area contributed by atoms with Crippen molar-refractivity contribution in [2.45, 2.75) is 19.6 Å². The van der Waals surface area contributed by atoms with Crippen molar-refractivity contribution in [2.24, 2.45) is 0 Å². The molecular weight excluding hydrogens is 273 g/mol. The van der Waals surface area contributed by atoms with Gasteiger partial charge in [-0.25, -0.2) is 9.97 Å². The normalized spacial score (nSPS) is 13.8. The first-order valence-electron chi connectivity index (χ1n) is 5.46. The van der Waals surface area contributed by atoms with E-state index in [1.165, 1.54) is 12.7 Å². The van der Waals surface area contributed by atoms with Crippen LogP contribution in [-0.2, 0) is 15.8 Å². The molecule has 2 aromatic rings. The Morgan fingerprint density at radius 1 is 1.58 bits per heavy atom. The monoisotopic (exact) mass is 287 g/mol. The van der Waals surface area contributed by atoms with Gasteiger partial charge in [-0.3, -0.25) is 9.97 Å². The fourth-order valence-corrected chi connectivity index (χ4v) is 2.06. The van der Waals surface area contributed by atoms with Crippen molar-refractivity contribution in [3.05, 3.63) is 18.1 Å². The summed E-state index contributed by atoms with van der Waals surface area (Å²) < 4.78 is 17.4. The van der Waals surface area contributed by atoms with Crippen molar-refractivity contribution in [2.75, 3.05) is 6.35 Å². The molecule has 19 heavy (non-hydrogen) atoms. The molecular formula is C9H14N5O4P. The Bertz CT molecular complexity index is 675. The van der Waals surface area contributed by atoms with Crippen LogP contribution in [0.3, 0.4) is 0 Å². The molecule has 2 rings (SSSR count). The highest BCUT2D eigenvalue weighted by molar-refractivity contribution is 7.51. The van der Waals surface area contributed by atoms with E-state index < -0.39 is 20.0 Å². The van der Waals surface area contributed by atoms with Gasteiger partial charge in [0.1, 0.15) is 11.9 Å². The smallest absolute Gasteiger partial charge is 0.350 e. The number of aromatic amines is 1. The van der Waals surface area contributed by atoms with Gasteiger partial charge in [-0.15, -0.1) is 0 Å². The third kappa shape index (κ3) is 3.48. The second-order valence-electron chi connectivity index (χ2n) is 4.12. The van der Waals surface area contributed by atoms with E-state index in [-0.39, 0.29) is 5.49 Å². The van der Waals surface area contributed by atoms with Crippen LogP contribution in [-0.4, -0.2) is 41.8 Å². The zero-order valence-electron chi connectivity index (χ0n) is 10.1. The molecule has 0 aliphatic rings. The number of H-pyrrole nitrogens is 1. The van der Waals surface area contributed by atoms with Gasteiger partial charge in [-0.05, 0) is 6.92 Å². The number of rotatable bonds is 5. The Morgan fingerprint density at radius 2 is 2.32 bits per heavy atom. The van der Waals surface area contributed by atoms with Crippen LogP contribution < -0.4 is 5.49 Å². The molecule has 0 radical (unpaired) electrons. The summed E-state index contributed by atoms with van der Waals surface area (Å²) in [6, 6.07) is 0. The predicted octanol–water partition coefficient (Wildman–Crippen LogP) is -0.221. The molecule has 0 saturated carbocycles. The molecule has 0 spiro atoms. The second-order valence-corrected chi connectivity index (χ2v) is 5.71. The van der Waals surface area contributed by atoms with Crippen LogP contribution in [0, 0.1) is 5.41 Å². The van der Waals surface area contributed by atoms with E-state index in [2.05, 4.69) is 15.0 Å². The topological polar surface area (TPSA) is 137 Å². The molecule has 104 valence electrons. The van der Waals surface area contributed by atoms with Crippen LogP contribution in [0.2, 0.25) is 0 Å². The molecule has 1 atom stereocenters. The summed E-state index contributed by atoms with van der Waals surface area (Å²) in [4.78, 5) is 28.2. The highest BCUT2D eigenvalue weighted by Gasteiger charge is 2.16. The minimum absolute atomic E-state index is 0.0903. The predicted molar refractivity (Wildman–Crippen MR) is 65.2 cm³/mol. The highest BCUT2D eigenvalue weighted by atomic mass is 31.2. The summed E-state index contributed by atoms with van der Waals surface area (Å²) in [7, 11) is -4.17. The first-order valence-corrected chi connectivity index (χ1v) is 7.26. The van der Waals surface area contributed by atoms with Crippen molar-refractivity contribution in [1.82, 2.24) is 19.5 Å². The first-order chi connectivity index (χ1) is 8.87. The molecule has 0 fully saturated rings. The molecule has 0 aliphatic heterocycles. The van der Waals surface area contributed by atoms with Crippen LogP contribution in [0.5, 0.6) is 0 Å². The largest absolute Gasteiger partial charge is 0.364 e. The number of hydrogen-bond acceptors (Lipinski definition) is 5. The molecule has 0 bridgehead atoms. The summed E-state index contributed by atoms with van der Waals surface area (Å²) in [6.45, 7) is 2.02. The van der Waals surface area contributed by atoms with Gasteiger partial charge in [0.25, 0.3) is 0 Å². The third-order valence-corrected chi connectivity index (χ3v) is 2.92. The third-order valence-electron chi connectivity index (χ3n) is 2.44. The van der Waals surface area contributed by atoms with Crippen LogP contribution in [0.4, 0.5) is 0 Å². The van der Waals surface area contributed by atoms with Crippen molar-refractivity contribution < 1.29 is 19.1 Å². The van der Waals surface area contributed by atoms with Gasteiger partial charge in [-0.1, -0.05) is 0 Å². The van der Waals surface area contributed by atoms with Crippen LogP contribution in [0.15, 0.2) is 12.7 Å². The standard InChI is InChI=1S/C9H14N5O4P/c1-6(18-5-19(15,16)17)2-14-4-13-8(10)7-9(14)12-3-11-7/h3-4,6,10H,2,5H2,1H3,(H,11,12)(H2,15,16,17)/t6-/m1/s1. The van der Waals surface area contributed by atoms with Crippen LogP contribution in [0.25, 0.3) is 11.2 Å². The lowest BCUT2D eigenvalue weighted by Gasteiger charge is -2.15. The zero-order chi connectivity index (χ0) is 14.0. The summed E-state index contributed by atoms with van der Waals surface area (Å²) in [5.41, 5.74) is 1.14. The first kappa shape index (κ1) is 13.9. The Hall–Kier alpha value is -1.54. The lowest BCUT2D eigenvalue weighted by atomic mass is 10.4. The number of hydrogen-bond donors (Lipinski definition) is 4. The molecule has 0 aliphatic carbocycles. The van der Waals surface area contributed by atoms with E-state index >= 15 is 0 Å². The molecule has 0 aromatic carbocycles. The molecule has 0 saturated heterocycles. The number of ether oxygens (including phenoxy) is 1. The Kier molecular flexibility index (Phi) is 3.81. The van der Waals surface area contributed by atoms with E-state index in [0.717, 1.165) is 0 Å². The van der Waals surface area contributed by atoms with E-state index in [4.69, 9.17) is 19.9 Å². The SMILES string of the molecule is C[C@H](Cn1cnc(=N)c2[nH]cnc21)OCP(=O)(O)O. The van der Waals surface area contributed by atoms with Crippen LogP contribution in [0.1, 0.15) is 6.92 Å². The van der Waals surface area contributed by atoms with E-state index in [1.54, 1.807) is 11.5 Å². The molecule has 10 heteroatoms. The van der Waals surface area contributed by atoms with E-state index in [1.807, 2.05) is 0 Å². The average Bonchev–Trinajstić information content (AvgIpc) is 2.79. The molecule has 0 amide bonds. The maximum Gasteiger partial charge on any atom is 0.350 e. The van der Waals surface area contributed by atoms with Crippen molar-refractivity contribution in [3.63, 3.8) is 0 Å². The number of imidazole rings is 1. The molecule has 2 heterocycles. The second kappa shape index (κ2) is 5.22. The fraction of sp³-hybridized carbons (Fsp3) is 0.444. The Morgan fingerprint density at radius 3 is 3.00 bits per heavy atom. The lowest BCUT2D eigenvalue weighted by Crippen LogP contribution is -2.20. The Labute approximate surface area is 108 Å². The maximum atomic E-state index is 10.7. The van der Waals surface area contributed by atoms with Gasteiger partial charge < -0.3 is 24.1 Å². The summed E-state index contributed by atoms with van der Waals surface area (Å²) in [5.74, 6) is 0. The summed E-state index contributed by atoms with van der Waals surface area (Å²) >= 11 is 0. The molecule has 9 nitrogen and oxygen atoms in total. The van der Waals surface area contributed by atoms with Crippen molar-refractivity contribution in [3.8, 4) is 0 Å². The highest BCUT2D eigenvalue weighted by Crippen LogP contribution is 2.34. The Balaban J connectivity index is 2.13.